The summed E-state index contributed by atoms with van der Waals surface area (Å²) in [5.74, 6) is 0. The fourth-order valence-corrected chi connectivity index (χ4v) is 1.73. The first-order chi connectivity index (χ1) is 9.81. The maximum absolute atomic E-state index is 9.30. The van der Waals surface area contributed by atoms with E-state index in [4.69, 9.17) is 10.3 Å². The van der Waals surface area contributed by atoms with Crippen LogP contribution in [-0.4, -0.2) is 23.9 Å². The van der Waals surface area contributed by atoms with Gasteiger partial charge in [-0.1, -0.05) is 60.9 Å². The number of unbranched alkanes of at least 4 members (excludes halogenated alkanes) is 1. The minimum Gasteiger partial charge on any atom is -0.396 e. The molecule has 108 valence electrons. The molecule has 2 atom stereocenters. The Balaban J connectivity index is 2.68. The molecular formula is C15H21N3O2. The van der Waals surface area contributed by atoms with Crippen molar-refractivity contribution in [1.29, 1.82) is 0 Å². The molecule has 1 aromatic carbocycles. The maximum atomic E-state index is 9.30. The molecule has 0 aliphatic carbocycles. The van der Waals surface area contributed by atoms with Gasteiger partial charge in [0.1, 0.15) is 0 Å². The van der Waals surface area contributed by atoms with E-state index in [1.807, 2.05) is 42.5 Å². The monoisotopic (exact) mass is 275 g/mol. The third-order valence-electron chi connectivity index (χ3n) is 2.83. The molecule has 0 radical (unpaired) electrons. The topological polar surface area (TPSA) is 78.2 Å². The molecule has 0 saturated heterocycles. The Morgan fingerprint density at radius 2 is 2.15 bits per heavy atom. The van der Waals surface area contributed by atoms with Crippen molar-refractivity contribution in [1.82, 2.24) is 0 Å². The fraction of sp³-hybridized carbons (Fsp3) is 0.467. The number of nitrogens with zero attached hydrogens (tertiary/aromatic N) is 3. The number of aliphatic hydroxyl groups excluding tert-OH is 1. The molecule has 0 aliphatic heterocycles. The quantitative estimate of drug-likeness (QED) is 0.323. The molecule has 1 N–H and O–H groups in total. The van der Waals surface area contributed by atoms with Crippen LogP contribution >= 0.6 is 0 Å². The van der Waals surface area contributed by atoms with Crippen molar-refractivity contribution in [2.24, 2.45) is 5.11 Å². The Labute approximate surface area is 119 Å². The molecule has 5 nitrogen and oxygen atoms in total. The lowest BCUT2D eigenvalue weighted by Crippen LogP contribution is -2.28. The van der Waals surface area contributed by atoms with E-state index in [1.54, 1.807) is 0 Å². The predicted octanol–water partition coefficient (Wildman–Crippen LogP) is 3.60. The average molecular weight is 275 g/mol. The lowest BCUT2D eigenvalue weighted by molar-refractivity contribution is 0.0403. The Bertz CT molecular complexity index is 442. The number of ether oxygens (including phenoxy) is 1. The molecular weight excluding hydrogens is 254 g/mol. The summed E-state index contributed by atoms with van der Waals surface area (Å²) in [6, 6.07) is 9.16. The van der Waals surface area contributed by atoms with Gasteiger partial charge in [-0.3, -0.25) is 0 Å². The van der Waals surface area contributed by atoms with Gasteiger partial charge in [-0.15, -0.1) is 0 Å². The first-order valence-electron chi connectivity index (χ1n) is 6.79. The van der Waals surface area contributed by atoms with Crippen molar-refractivity contribution in [2.45, 2.75) is 38.5 Å². The number of rotatable bonds is 9. The smallest absolute Gasteiger partial charge is 0.0903 e. The highest BCUT2D eigenvalue weighted by molar-refractivity contribution is 5.13. The van der Waals surface area contributed by atoms with E-state index in [1.165, 1.54) is 0 Å². The number of aliphatic hydroxyl groups is 1. The van der Waals surface area contributed by atoms with Gasteiger partial charge in [0.2, 0.25) is 0 Å². The Hall–Kier alpha value is -1.81. The van der Waals surface area contributed by atoms with Crippen molar-refractivity contribution >= 4 is 0 Å². The van der Waals surface area contributed by atoms with Gasteiger partial charge >= 0.3 is 0 Å². The summed E-state index contributed by atoms with van der Waals surface area (Å²) in [5.41, 5.74) is 9.58. The van der Waals surface area contributed by atoms with Gasteiger partial charge in [0.05, 0.1) is 25.4 Å². The second-order valence-corrected chi connectivity index (χ2v) is 4.43. The highest BCUT2D eigenvalue weighted by Gasteiger charge is 2.17. The van der Waals surface area contributed by atoms with Gasteiger partial charge in [0.25, 0.3) is 0 Å². The first kappa shape index (κ1) is 16.2. The molecule has 0 aliphatic rings. The summed E-state index contributed by atoms with van der Waals surface area (Å²) < 4.78 is 5.77. The number of hydrogen-bond acceptors (Lipinski definition) is 3. The van der Waals surface area contributed by atoms with Crippen LogP contribution in [0.1, 0.15) is 25.3 Å². The van der Waals surface area contributed by atoms with Gasteiger partial charge in [-0.2, -0.15) is 0 Å². The second kappa shape index (κ2) is 10.0. The highest BCUT2D eigenvalue weighted by atomic mass is 16.5. The van der Waals surface area contributed by atoms with Gasteiger partial charge in [0.15, 0.2) is 0 Å². The average Bonchev–Trinajstić information content (AvgIpc) is 2.50. The number of allylic oxidation sites excluding steroid dienone is 1. The Morgan fingerprint density at radius 3 is 2.75 bits per heavy atom. The second-order valence-electron chi connectivity index (χ2n) is 4.43. The van der Waals surface area contributed by atoms with Crippen molar-refractivity contribution in [3.8, 4) is 0 Å². The van der Waals surface area contributed by atoms with Crippen molar-refractivity contribution < 1.29 is 9.84 Å². The van der Waals surface area contributed by atoms with Crippen LogP contribution in [0.2, 0.25) is 0 Å². The van der Waals surface area contributed by atoms with E-state index in [-0.39, 0.29) is 6.61 Å². The lowest BCUT2D eigenvalue weighted by atomic mass is 10.1. The van der Waals surface area contributed by atoms with Gasteiger partial charge in [0, 0.05) is 4.91 Å². The van der Waals surface area contributed by atoms with E-state index >= 15 is 0 Å². The number of hydrogen-bond donors (Lipinski definition) is 1. The zero-order valence-electron chi connectivity index (χ0n) is 11.7. The van der Waals surface area contributed by atoms with E-state index in [0.717, 1.165) is 18.4 Å². The van der Waals surface area contributed by atoms with Crippen LogP contribution in [-0.2, 0) is 11.3 Å². The molecule has 0 heterocycles. The molecule has 2 unspecified atom stereocenters. The van der Waals surface area contributed by atoms with Crippen molar-refractivity contribution in [3.05, 3.63) is 58.5 Å². The lowest BCUT2D eigenvalue weighted by Gasteiger charge is -2.19. The largest absolute Gasteiger partial charge is 0.396 e. The normalized spacial score (nSPS) is 13.9. The number of benzene rings is 1. The number of azide groups is 1. The van der Waals surface area contributed by atoms with Crippen LogP contribution in [0.15, 0.2) is 47.6 Å². The van der Waals surface area contributed by atoms with Crippen LogP contribution in [0.5, 0.6) is 0 Å². The predicted molar refractivity (Wildman–Crippen MR) is 79.1 cm³/mol. The molecule has 0 bridgehead atoms. The van der Waals surface area contributed by atoms with E-state index < -0.39 is 12.1 Å². The Kier molecular flexibility index (Phi) is 8.15. The van der Waals surface area contributed by atoms with Crippen LogP contribution in [0.4, 0.5) is 0 Å². The molecule has 5 heteroatoms. The molecule has 0 spiro atoms. The third kappa shape index (κ3) is 5.89. The molecule has 1 aromatic rings. The summed E-state index contributed by atoms with van der Waals surface area (Å²) in [6.45, 7) is 2.26. The van der Waals surface area contributed by atoms with Crippen LogP contribution in [0, 0.1) is 0 Å². The van der Waals surface area contributed by atoms with Gasteiger partial charge in [-0.25, -0.2) is 0 Å². The van der Waals surface area contributed by atoms with Crippen molar-refractivity contribution in [3.63, 3.8) is 0 Å². The maximum Gasteiger partial charge on any atom is 0.0903 e. The molecule has 0 amide bonds. The zero-order valence-corrected chi connectivity index (χ0v) is 11.7. The third-order valence-corrected chi connectivity index (χ3v) is 2.83. The standard InChI is InChI=1S/C15H21N3O2/c1-2-3-5-10-15(14(11-19)17-18-16)20-12-13-8-6-4-7-9-13/h4-10,14-15,19H,2-3,11-12H2,1H3/b10-5+. The molecule has 0 saturated carbocycles. The zero-order chi connectivity index (χ0) is 14.6. The van der Waals surface area contributed by atoms with Crippen LogP contribution < -0.4 is 0 Å². The minimum absolute atomic E-state index is 0.236. The van der Waals surface area contributed by atoms with Crippen LogP contribution in [0.3, 0.4) is 0 Å². The van der Waals surface area contributed by atoms with E-state index in [9.17, 15) is 5.11 Å². The minimum atomic E-state index is -0.600. The molecule has 0 aromatic heterocycles. The summed E-state index contributed by atoms with van der Waals surface area (Å²) in [5, 5.41) is 12.9. The Morgan fingerprint density at radius 1 is 1.40 bits per heavy atom. The fourth-order valence-electron chi connectivity index (χ4n) is 1.73. The first-order valence-corrected chi connectivity index (χ1v) is 6.79. The van der Waals surface area contributed by atoms with E-state index in [2.05, 4.69) is 16.9 Å². The SMILES string of the molecule is CCC/C=C/C(OCc1ccccc1)C(CO)N=[N+]=[N-]. The van der Waals surface area contributed by atoms with Gasteiger partial charge in [-0.05, 0) is 17.5 Å². The summed E-state index contributed by atoms with van der Waals surface area (Å²) >= 11 is 0. The summed E-state index contributed by atoms with van der Waals surface area (Å²) in [7, 11) is 0. The highest BCUT2D eigenvalue weighted by Crippen LogP contribution is 2.11. The molecule has 1 rings (SSSR count). The summed E-state index contributed by atoms with van der Waals surface area (Å²) in [6.07, 6.45) is 5.41. The molecule has 20 heavy (non-hydrogen) atoms. The van der Waals surface area contributed by atoms with Crippen molar-refractivity contribution in [2.75, 3.05) is 6.61 Å². The van der Waals surface area contributed by atoms with E-state index in [0.29, 0.717) is 6.61 Å². The summed E-state index contributed by atoms with van der Waals surface area (Å²) in [4.78, 5) is 2.76. The van der Waals surface area contributed by atoms with Crippen LogP contribution in [0.25, 0.3) is 10.4 Å². The van der Waals surface area contributed by atoms with Gasteiger partial charge < -0.3 is 9.84 Å². The molecule has 0 fully saturated rings.